The number of amides is 1. The average Bonchev–Trinajstić information content (AvgIpc) is 3.10. The van der Waals surface area contributed by atoms with Gasteiger partial charge in [0, 0.05) is 16.1 Å². The average molecular weight is 285 g/mol. The van der Waals surface area contributed by atoms with Crippen LogP contribution < -0.4 is 11.1 Å². The topological polar surface area (TPSA) is 96.7 Å². The second-order valence-electron chi connectivity index (χ2n) is 4.02. The summed E-state index contributed by atoms with van der Waals surface area (Å²) < 4.78 is 0. The second-order valence-corrected chi connectivity index (χ2v) is 4.97. The van der Waals surface area contributed by atoms with Gasteiger partial charge in [-0.15, -0.1) is 16.4 Å². The SMILES string of the molecule is Nc1n[nH]c(C(=O)Nc2ccccc2-c2cccs2)n1. The quantitative estimate of drug-likeness (QED) is 0.688. The third kappa shape index (κ3) is 2.39. The normalized spacial score (nSPS) is 10.4. The number of anilines is 2. The molecule has 1 aromatic carbocycles. The van der Waals surface area contributed by atoms with Crippen molar-refractivity contribution in [2.24, 2.45) is 0 Å². The van der Waals surface area contributed by atoms with Gasteiger partial charge in [-0.3, -0.25) is 9.89 Å². The van der Waals surface area contributed by atoms with Gasteiger partial charge in [0.1, 0.15) is 0 Å². The van der Waals surface area contributed by atoms with Crippen molar-refractivity contribution >= 4 is 28.9 Å². The van der Waals surface area contributed by atoms with Gasteiger partial charge in [0.25, 0.3) is 5.91 Å². The Morgan fingerprint density at radius 1 is 1.25 bits per heavy atom. The van der Waals surface area contributed by atoms with E-state index in [0.29, 0.717) is 0 Å². The third-order valence-corrected chi connectivity index (χ3v) is 3.58. The molecule has 100 valence electrons. The highest BCUT2D eigenvalue weighted by Gasteiger charge is 2.13. The molecule has 0 spiro atoms. The number of rotatable bonds is 3. The lowest BCUT2D eigenvalue weighted by Crippen LogP contribution is -2.14. The molecule has 0 radical (unpaired) electrons. The van der Waals surface area contributed by atoms with Crippen LogP contribution in [0.15, 0.2) is 41.8 Å². The predicted octanol–water partition coefficient (Wildman–Crippen LogP) is 2.37. The fourth-order valence-electron chi connectivity index (χ4n) is 1.80. The van der Waals surface area contributed by atoms with Crippen molar-refractivity contribution in [1.29, 1.82) is 0 Å². The molecule has 0 fully saturated rings. The van der Waals surface area contributed by atoms with E-state index in [1.807, 2.05) is 41.8 Å². The van der Waals surface area contributed by atoms with Crippen molar-refractivity contribution in [2.75, 3.05) is 11.1 Å². The number of hydrogen-bond acceptors (Lipinski definition) is 5. The maximum Gasteiger partial charge on any atom is 0.293 e. The van der Waals surface area contributed by atoms with Crippen molar-refractivity contribution in [1.82, 2.24) is 15.2 Å². The highest BCUT2D eigenvalue weighted by atomic mass is 32.1. The molecule has 7 heteroatoms. The molecule has 0 saturated heterocycles. The number of aromatic nitrogens is 3. The first-order chi connectivity index (χ1) is 9.74. The van der Waals surface area contributed by atoms with Crippen LogP contribution in [0.1, 0.15) is 10.6 Å². The van der Waals surface area contributed by atoms with Crippen molar-refractivity contribution in [3.05, 3.63) is 47.6 Å². The number of aromatic amines is 1. The number of H-pyrrole nitrogens is 1. The number of carbonyl (C=O) groups excluding carboxylic acids is 1. The number of carbonyl (C=O) groups is 1. The summed E-state index contributed by atoms with van der Waals surface area (Å²) in [6.07, 6.45) is 0. The smallest absolute Gasteiger partial charge is 0.293 e. The molecule has 0 unspecified atom stereocenters. The van der Waals surface area contributed by atoms with Gasteiger partial charge in [-0.05, 0) is 17.5 Å². The van der Waals surface area contributed by atoms with Crippen LogP contribution in [0, 0.1) is 0 Å². The molecule has 0 aliphatic heterocycles. The number of nitrogens with one attached hydrogen (secondary N) is 2. The van der Waals surface area contributed by atoms with Crippen molar-refractivity contribution in [3.63, 3.8) is 0 Å². The van der Waals surface area contributed by atoms with E-state index < -0.39 is 0 Å². The summed E-state index contributed by atoms with van der Waals surface area (Å²) >= 11 is 1.61. The minimum absolute atomic E-state index is 0.0432. The third-order valence-electron chi connectivity index (χ3n) is 2.68. The Bertz CT molecular complexity index is 735. The standard InChI is InChI=1S/C13H11N5OS/c14-13-16-11(17-18-13)12(19)15-9-5-2-1-4-8(9)10-6-3-7-20-10/h1-7H,(H,15,19)(H3,14,16,17,18). The summed E-state index contributed by atoms with van der Waals surface area (Å²) in [5.74, 6) is -0.247. The molecule has 20 heavy (non-hydrogen) atoms. The molecule has 3 aromatic rings. The largest absolute Gasteiger partial charge is 0.366 e. The van der Waals surface area contributed by atoms with E-state index in [0.717, 1.165) is 16.1 Å². The summed E-state index contributed by atoms with van der Waals surface area (Å²) in [6, 6.07) is 11.6. The maximum absolute atomic E-state index is 12.1. The molecule has 2 heterocycles. The number of nitrogen functional groups attached to an aromatic ring is 1. The van der Waals surface area contributed by atoms with Gasteiger partial charge in [-0.2, -0.15) is 4.98 Å². The first kappa shape index (κ1) is 12.4. The van der Waals surface area contributed by atoms with Gasteiger partial charge in [0.2, 0.25) is 11.8 Å². The highest BCUT2D eigenvalue weighted by Crippen LogP contribution is 2.31. The van der Waals surface area contributed by atoms with Crippen molar-refractivity contribution in [3.8, 4) is 10.4 Å². The van der Waals surface area contributed by atoms with Gasteiger partial charge in [0.05, 0.1) is 0 Å². The number of thiophene rings is 1. The van der Waals surface area contributed by atoms with Crippen LogP contribution in [0.2, 0.25) is 0 Å². The number of hydrogen-bond donors (Lipinski definition) is 3. The Morgan fingerprint density at radius 3 is 2.80 bits per heavy atom. The zero-order valence-electron chi connectivity index (χ0n) is 10.3. The number of nitrogens with two attached hydrogens (primary N) is 1. The minimum Gasteiger partial charge on any atom is -0.366 e. The van der Waals surface area contributed by atoms with E-state index in [1.54, 1.807) is 11.3 Å². The second kappa shape index (κ2) is 5.14. The van der Waals surface area contributed by atoms with Crippen LogP contribution in [0.3, 0.4) is 0 Å². The molecule has 4 N–H and O–H groups in total. The molecule has 0 aliphatic carbocycles. The lowest BCUT2D eigenvalue weighted by Gasteiger charge is -2.08. The van der Waals surface area contributed by atoms with Crippen LogP contribution in [-0.4, -0.2) is 21.1 Å². The fourth-order valence-corrected chi connectivity index (χ4v) is 2.56. The summed E-state index contributed by atoms with van der Waals surface area (Å²) in [6.45, 7) is 0. The molecule has 3 rings (SSSR count). The van der Waals surface area contributed by atoms with Crippen molar-refractivity contribution < 1.29 is 4.79 Å². The van der Waals surface area contributed by atoms with E-state index in [-0.39, 0.29) is 17.7 Å². The predicted molar refractivity (Wildman–Crippen MR) is 78.5 cm³/mol. The Labute approximate surface area is 118 Å². The lowest BCUT2D eigenvalue weighted by molar-refractivity contribution is 0.101. The van der Waals surface area contributed by atoms with Gasteiger partial charge in [-0.25, -0.2) is 0 Å². The zero-order chi connectivity index (χ0) is 13.9. The highest BCUT2D eigenvalue weighted by molar-refractivity contribution is 7.13. The van der Waals surface area contributed by atoms with E-state index in [9.17, 15) is 4.79 Å². The molecule has 0 bridgehead atoms. The Hall–Kier alpha value is -2.67. The lowest BCUT2D eigenvalue weighted by atomic mass is 10.1. The molecule has 2 aromatic heterocycles. The van der Waals surface area contributed by atoms with E-state index in [1.165, 1.54) is 0 Å². The fraction of sp³-hybridized carbons (Fsp3) is 0. The molecule has 0 aliphatic rings. The maximum atomic E-state index is 12.1. The zero-order valence-corrected chi connectivity index (χ0v) is 11.1. The van der Waals surface area contributed by atoms with Crippen LogP contribution in [0.5, 0.6) is 0 Å². The van der Waals surface area contributed by atoms with Crippen LogP contribution in [0.4, 0.5) is 11.6 Å². The summed E-state index contributed by atoms with van der Waals surface area (Å²) in [5, 5.41) is 10.9. The van der Waals surface area contributed by atoms with E-state index in [2.05, 4.69) is 20.5 Å². The summed E-state index contributed by atoms with van der Waals surface area (Å²) in [4.78, 5) is 16.9. The molecular weight excluding hydrogens is 274 g/mol. The van der Waals surface area contributed by atoms with Crippen molar-refractivity contribution in [2.45, 2.75) is 0 Å². The Morgan fingerprint density at radius 2 is 2.10 bits per heavy atom. The first-order valence-electron chi connectivity index (χ1n) is 5.86. The molecule has 0 atom stereocenters. The summed E-state index contributed by atoms with van der Waals surface area (Å²) in [7, 11) is 0. The molecule has 1 amide bonds. The Kier molecular flexibility index (Phi) is 3.18. The van der Waals surface area contributed by atoms with Gasteiger partial charge >= 0.3 is 0 Å². The van der Waals surface area contributed by atoms with Crippen LogP contribution >= 0.6 is 11.3 Å². The molecular formula is C13H11N5OS. The van der Waals surface area contributed by atoms with E-state index in [4.69, 9.17) is 5.73 Å². The number of benzene rings is 1. The van der Waals surface area contributed by atoms with E-state index >= 15 is 0 Å². The molecule has 0 saturated carbocycles. The van der Waals surface area contributed by atoms with Gasteiger partial charge in [0.15, 0.2) is 0 Å². The van der Waals surface area contributed by atoms with Crippen LogP contribution in [-0.2, 0) is 0 Å². The Balaban J connectivity index is 1.90. The van der Waals surface area contributed by atoms with Gasteiger partial charge in [-0.1, -0.05) is 24.3 Å². The minimum atomic E-state index is -0.377. The summed E-state index contributed by atoms with van der Waals surface area (Å²) in [5.41, 5.74) is 7.06. The number of para-hydroxylation sites is 1. The first-order valence-corrected chi connectivity index (χ1v) is 6.74. The number of nitrogens with zero attached hydrogens (tertiary/aromatic N) is 2. The van der Waals surface area contributed by atoms with Gasteiger partial charge < -0.3 is 11.1 Å². The molecule has 6 nitrogen and oxygen atoms in total. The monoisotopic (exact) mass is 285 g/mol. The van der Waals surface area contributed by atoms with Crippen LogP contribution in [0.25, 0.3) is 10.4 Å².